The molecule has 0 radical (unpaired) electrons. The number of carbonyl (C=O) groups is 3. The van der Waals surface area contributed by atoms with Crippen molar-refractivity contribution in [3.8, 4) is 0 Å². The summed E-state index contributed by atoms with van der Waals surface area (Å²) >= 11 is 1.04. The molecule has 1 aromatic carbocycles. The van der Waals surface area contributed by atoms with Gasteiger partial charge in [-0.25, -0.2) is 4.79 Å². The van der Waals surface area contributed by atoms with Crippen LogP contribution in [0.25, 0.3) is 0 Å². The Kier molecular flexibility index (Phi) is 5.41. The fraction of sp³-hybridized carbons (Fsp3) is 0.471. The van der Waals surface area contributed by atoms with Crippen molar-refractivity contribution in [2.75, 3.05) is 6.61 Å². The number of amides is 1. The second-order valence-electron chi connectivity index (χ2n) is 5.91. The highest BCUT2D eigenvalue weighted by Gasteiger charge is 2.53. The molecule has 1 amide bonds. The van der Waals surface area contributed by atoms with Gasteiger partial charge < -0.3 is 19.5 Å². The zero-order valence-electron chi connectivity index (χ0n) is 13.8. The second kappa shape index (κ2) is 7.55. The Hall–Kier alpha value is -1.90. The molecule has 2 fully saturated rings. The number of nitrogens with one attached hydrogen (secondary N) is 1. The summed E-state index contributed by atoms with van der Waals surface area (Å²) in [5.74, 6) is -0.814. The van der Waals surface area contributed by atoms with Crippen LogP contribution in [0.3, 0.4) is 0 Å². The first kappa shape index (κ1) is 17.9. The molecule has 134 valence electrons. The molecule has 0 spiro atoms. The maximum Gasteiger partial charge on any atom is 0.338 e. The molecule has 0 unspecified atom stereocenters. The van der Waals surface area contributed by atoms with Crippen LogP contribution in [0.1, 0.15) is 24.2 Å². The predicted molar refractivity (Wildman–Crippen MR) is 89.9 cm³/mol. The summed E-state index contributed by atoms with van der Waals surface area (Å²) in [7, 11) is 0. The second-order valence-corrected chi connectivity index (χ2v) is 7.27. The number of rotatable bonds is 4. The van der Waals surface area contributed by atoms with Crippen molar-refractivity contribution in [3.05, 3.63) is 35.9 Å². The molecule has 2 aliphatic rings. The lowest BCUT2D eigenvalue weighted by Gasteiger charge is -2.39. The first-order valence-electron chi connectivity index (χ1n) is 7.93. The molecule has 2 bridgehead atoms. The van der Waals surface area contributed by atoms with Gasteiger partial charge in [-0.15, -0.1) is 0 Å². The van der Waals surface area contributed by atoms with E-state index < -0.39 is 29.7 Å². The zero-order valence-corrected chi connectivity index (χ0v) is 14.7. The Bertz CT molecular complexity index is 636. The Balaban J connectivity index is 1.86. The first-order valence-corrected chi connectivity index (χ1v) is 8.81. The van der Waals surface area contributed by atoms with E-state index in [4.69, 9.17) is 14.2 Å². The molecule has 1 aromatic rings. The van der Waals surface area contributed by atoms with Gasteiger partial charge >= 0.3 is 5.97 Å². The van der Waals surface area contributed by atoms with Crippen LogP contribution in [-0.2, 0) is 23.8 Å². The van der Waals surface area contributed by atoms with Gasteiger partial charge in [-0.05, 0) is 12.1 Å². The maximum atomic E-state index is 12.5. The smallest absolute Gasteiger partial charge is 0.338 e. The molecule has 2 saturated heterocycles. The summed E-state index contributed by atoms with van der Waals surface area (Å²) in [5, 5.41) is 2.15. The monoisotopic (exact) mass is 365 g/mol. The van der Waals surface area contributed by atoms with Gasteiger partial charge in [0.05, 0.1) is 17.4 Å². The lowest BCUT2D eigenvalue weighted by atomic mass is 10.0. The largest absolute Gasteiger partial charge is 0.455 e. The number of carbonyl (C=O) groups excluding carboxylic acids is 3. The SMILES string of the molecule is CC(=O)N[C@H]1[C@@H]2OC[C@@H](O2)[C@@H](SC(C)=O)[C@@H]1OC(=O)c1ccccc1. The van der Waals surface area contributed by atoms with Crippen molar-refractivity contribution in [1.29, 1.82) is 0 Å². The van der Waals surface area contributed by atoms with Crippen LogP contribution in [-0.4, -0.2) is 53.4 Å². The molecule has 1 N–H and O–H groups in total. The summed E-state index contributed by atoms with van der Waals surface area (Å²) < 4.78 is 17.0. The Labute approximate surface area is 149 Å². The summed E-state index contributed by atoms with van der Waals surface area (Å²) in [4.78, 5) is 35.7. The van der Waals surface area contributed by atoms with Gasteiger partial charge in [-0.3, -0.25) is 9.59 Å². The Morgan fingerprint density at radius 1 is 1.20 bits per heavy atom. The summed E-state index contributed by atoms with van der Waals surface area (Å²) in [6, 6.07) is 7.89. The molecule has 0 saturated carbocycles. The van der Waals surface area contributed by atoms with Crippen molar-refractivity contribution in [2.45, 2.75) is 43.6 Å². The van der Waals surface area contributed by atoms with Crippen LogP contribution < -0.4 is 5.32 Å². The van der Waals surface area contributed by atoms with Crippen LogP contribution in [0.4, 0.5) is 0 Å². The Morgan fingerprint density at radius 2 is 1.92 bits per heavy atom. The predicted octanol–water partition coefficient (Wildman–Crippen LogP) is 1.12. The van der Waals surface area contributed by atoms with E-state index in [-0.39, 0.29) is 23.7 Å². The van der Waals surface area contributed by atoms with Crippen LogP contribution in [0.15, 0.2) is 30.3 Å². The fourth-order valence-corrected chi connectivity index (χ4v) is 4.03. The van der Waals surface area contributed by atoms with Crippen molar-refractivity contribution >= 4 is 28.8 Å². The number of hydrogen-bond acceptors (Lipinski definition) is 7. The van der Waals surface area contributed by atoms with E-state index in [9.17, 15) is 14.4 Å². The van der Waals surface area contributed by atoms with Gasteiger partial charge in [-0.2, -0.15) is 0 Å². The summed E-state index contributed by atoms with van der Waals surface area (Å²) in [5.41, 5.74) is 0.399. The van der Waals surface area contributed by atoms with Crippen LogP contribution in [0.2, 0.25) is 0 Å². The van der Waals surface area contributed by atoms with E-state index in [1.165, 1.54) is 13.8 Å². The number of hydrogen-bond donors (Lipinski definition) is 1. The van der Waals surface area contributed by atoms with E-state index in [1.807, 2.05) is 0 Å². The van der Waals surface area contributed by atoms with Gasteiger partial charge in [0.15, 0.2) is 11.4 Å². The summed E-state index contributed by atoms with van der Waals surface area (Å²) in [6.45, 7) is 3.09. The molecule has 5 atom stereocenters. The third-order valence-corrected chi connectivity index (χ3v) is 5.17. The molecular formula is C17H19NO6S. The van der Waals surface area contributed by atoms with Gasteiger partial charge in [-0.1, -0.05) is 30.0 Å². The number of fused-ring (bicyclic) bond motifs is 2. The van der Waals surface area contributed by atoms with E-state index in [0.717, 1.165) is 11.8 Å². The number of thioether (sulfide) groups is 1. The van der Waals surface area contributed by atoms with Crippen LogP contribution >= 0.6 is 11.8 Å². The van der Waals surface area contributed by atoms with Crippen molar-refractivity contribution in [1.82, 2.24) is 5.32 Å². The Morgan fingerprint density at radius 3 is 2.56 bits per heavy atom. The minimum absolute atomic E-state index is 0.124. The highest BCUT2D eigenvalue weighted by molar-refractivity contribution is 8.14. The fourth-order valence-electron chi connectivity index (χ4n) is 3.00. The standard InChI is InChI=1S/C17H19NO6S/c1-9(19)18-13-14(24-16(21)11-6-4-3-5-7-11)15(25-10(2)20)12-8-22-17(13)23-12/h3-7,12-15,17H,8H2,1-2H3,(H,18,19)/t12-,13-,14-,15-,17-/m1/s1. The molecule has 2 heterocycles. The average Bonchev–Trinajstić information content (AvgIpc) is 3.01. The van der Waals surface area contributed by atoms with E-state index in [2.05, 4.69) is 5.32 Å². The summed E-state index contributed by atoms with van der Waals surface area (Å²) in [6.07, 6.45) is -1.82. The number of esters is 1. The van der Waals surface area contributed by atoms with Crippen LogP contribution in [0.5, 0.6) is 0 Å². The third kappa shape index (κ3) is 4.02. The molecule has 25 heavy (non-hydrogen) atoms. The highest BCUT2D eigenvalue weighted by Crippen LogP contribution is 2.37. The van der Waals surface area contributed by atoms with Crippen molar-refractivity contribution in [2.24, 2.45) is 0 Å². The molecule has 2 aliphatic heterocycles. The normalized spacial score (nSPS) is 30.6. The minimum atomic E-state index is -0.739. The highest BCUT2D eigenvalue weighted by atomic mass is 32.2. The molecular weight excluding hydrogens is 346 g/mol. The minimum Gasteiger partial charge on any atom is -0.455 e. The van der Waals surface area contributed by atoms with Crippen molar-refractivity contribution < 1.29 is 28.6 Å². The van der Waals surface area contributed by atoms with E-state index in [1.54, 1.807) is 30.3 Å². The lowest BCUT2D eigenvalue weighted by Crippen LogP contribution is -2.61. The van der Waals surface area contributed by atoms with E-state index >= 15 is 0 Å². The number of benzene rings is 1. The van der Waals surface area contributed by atoms with Gasteiger partial charge in [0.1, 0.15) is 18.2 Å². The molecule has 0 aliphatic carbocycles. The molecule has 7 nitrogen and oxygen atoms in total. The lowest BCUT2D eigenvalue weighted by molar-refractivity contribution is -0.148. The van der Waals surface area contributed by atoms with Gasteiger partial charge in [0.25, 0.3) is 0 Å². The first-order chi connectivity index (χ1) is 12.0. The third-order valence-electron chi connectivity index (χ3n) is 4.00. The zero-order chi connectivity index (χ0) is 18.0. The maximum absolute atomic E-state index is 12.5. The van der Waals surface area contributed by atoms with Gasteiger partial charge in [0.2, 0.25) is 5.91 Å². The van der Waals surface area contributed by atoms with Gasteiger partial charge in [0, 0.05) is 13.8 Å². The van der Waals surface area contributed by atoms with Crippen LogP contribution in [0, 0.1) is 0 Å². The topological polar surface area (TPSA) is 90.9 Å². The van der Waals surface area contributed by atoms with E-state index in [0.29, 0.717) is 5.56 Å². The number of ether oxygens (including phenoxy) is 3. The average molecular weight is 365 g/mol. The van der Waals surface area contributed by atoms with Crippen molar-refractivity contribution in [3.63, 3.8) is 0 Å². The molecule has 3 rings (SSSR count). The molecule has 0 aromatic heterocycles. The quantitative estimate of drug-likeness (QED) is 0.800. The molecule has 8 heteroatoms.